The van der Waals surface area contributed by atoms with Crippen molar-refractivity contribution in [3.63, 3.8) is 0 Å². The van der Waals surface area contributed by atoms with Crippen LogP contribution in [0.5, 0.6) is 0 Å². The SMILES string of the molecule is CCS(=O)(=O)N1CCCCC[C@@H]1c1cccc(F)c1. The fourth-order valence-electron chi connectivity index (χ4n) is 2.63. The Bertz CT molecular complexity index is 530. The summed E-state index contributed by atoms with van der Waals surface area (Å²) >= 11 is 0. The predicted octanol–water partition coefficient (Wildman–Crippen LogP) is 3.09. The Morgan fingerprint density at radius 3 is 2.79 bits per heavy atom. The Balaban J connectivity index is 2.38. The molecule has 106 valence electrons. The van der Waals surface area contributed by atoms with E-state index in [1.54, 1.807) is 17.3 Å². The first-order valence-corrected chi connectivity index (χ1v) is 8.40. The van der Waals surface area contributed by atoms with E-state index < -0.39 is 10.0 Å². The van der Waals surface area contributed by atoms with E-state index in [9.17, 15) is 12.8 Å². The fraction of sp³-hybridized carbons (Fsp3) is 0.571. The summed E-state index contributed by atoms with van der Waals surface area (Å²) < 4.78 is 39.3. The van der Waals surface area contributed by atoms with Gasteiger partial charge >= 0.3 is 0 Å². The molecule has 0 unspecified atom stereocenters. The topological polar surface area (TPSA) is 37.4 Å². The minimum Gasteiger partial charge on any atom is -0.212 e. The Hall–Kier alpha value is -0.940. The van der Waals surface area contributed by atoms with Crippen LogP contribution in [0.2, 0.25) is 0 Å². The molecule has 2 rings (SSSR count). The average molecular weight is 285 g/mol. The second kappa shape index (κ2) is 6.01. The van der Waals surface area contributed by atoms with E-state index in [2.05, 4.69) is 0 Å². The molecule has 0 saturated carbocycles. The minimum absolute atomic E-state index is 0.0960. The zero-order valence-corrected chi connectivity index (χ0v) is 12.0. The first-order valence-electron chi connectivity index (χ1n) is 6.79. The molecule has 0 amide bonds. The zero-order chi connectivity index (χ0) is 13.9. The smallest absolute Gasteiger partial charge is 0.212 e. The number of halogens is 1. The van der Waals surface area contributed by atoms with Crippen LogP contribution >= 0.6 is 0 Å². The Morgan fingerprint density at radius 2 is 2.11 bits per heavy atom. The number of hydrogen-bond donors (Lipinski definition) is 0. The van der Waals surface area contributed by atoms with Gasteiger partial charge in [0.15, 0.2) is 0 Å². The molecule has 1 aliphatic rings. The first kappa shape index (κ1) is 14.5. The summed E-state index contributed by atoms with van der Waals surface area (Å²) in [6, 6.07) is 6.08. The molecule has 1 saturated heterocycles. The van der Waals surface area contributed by atoms with Gasteiger partial charge in [-0.05, 0) is 37.5 Å². The maximum Gasteiger partial charge on any atom is 0.214 e. The number of benzene rings is 1. The number of sulfonamides is 1. The number of hydrogen-bond acceptors (Lipinski definition) is 2. The molecule has 1 atom stereocenters. The van der Waals surface area contributed by atoms with Crippen LogP contribution in [0.15, 0.2) is 24.3 Å². The molecule has 0 aromatic heterocycles. The Labute approximate surface area is 114 Å². The van der Waals surface area contributed by atoms with Crippen LogP contribution in [0, 0.1) is 5.82 Å². The molecule has 1 fully saturated rings. The van der Waals surface area contributed by atoms with Crippen molar-refractivity contribution in [2.45, 2.75) is 38.6 Å². The molecular formula is C14H20FNO2S. The van der Waals surface area contributed by atoms with Crippen LogP contribution in [-0.4, -0.2) is 25.0 Å². The van der Waals surface area contributed by atoms with Crippen LogP contribution in [0.4, 0.5) is 4.39 Å². The molecule has 0 radical (unpaired) electrons. The highest BCUT2D eigenvalue weighted by Crippen LogP contribution is 2.32. The van der Waals surface area contributed by atoms with E-state index in [1.807, 2.05) is 6.07 Å². The van der Waals surface area contributed by atoms with E-state index in [0.29, 0.717) is 6.54 Å². The summed E-state index contributed by atoms with van der Waals surface area (Å²) in [5.41, 5.74) is 0.763. The van der Waals surface area contributed by atoms with Gasteiger partial charge in [-0.15, -0.1) is 0 Å². The van der Waals surface area contributed by atoms with E-state index in [4.69, 9.17) is 0 Å². The van der Waals surface area contributed by atoms with Crippen LogP contribution in [-0.2, 0) is 10.0 Å². The molecule has 3 nitrogen and oxygen atoms in total. The van der Waals surface area contributed by atoms with Gasteiger partial charge in [-0.25, -0.2) is 12.8 Å². The second-order valence-corrected chi connectivity index (χ2v) is 7.14. The minimum atomic E-state index is -3.24. The van der Waals surface area contributed by atoms with Crippen molar-refractivity contribution in [1.82, 2.24) is 4.31 Å². The normalized spacial score (nSPS) is 22.1. The molecule has 1 aromatic rings. The average Bonchev–Trinajstić information content (AvgIpc) is 2.64. The molecule has 0 bridgehead atoms. The monoisotopic (exact) mass is 285 g/mol. The molecule has 0 spiro atoms. The van der Waals surface area contributed by atoms with Gasteiger partial charge in [0.05, 0.1) is 5.75 Å². The van der Waals surface area contributed by atoms with Gasteiger partial charge in [0.1, 0.15) is 5.82 Å². The van der Waals surface area contributed by atoms with Gasteiger partial charge < -0.3 is 0 Å². The van der Waals surface area contributed by atoms with Gasteiger partial charge in [0.25, 0.3) is 0 Å². The number of nitrogens with zero attached hydrogens (tertiary/aromatic N) is 1. The maximum absolute atomic E-state index is 13.4. The predicted molar refractivity (Wildman–Crippen MR) is 73.8 cm³/mol. The van der Waals surface area contributed by atoms with Crippen molar-refractivity contribution in [3.05, 3.63) is 35.6 Å². The second-order valence-electron chi connectivity index (χ2n) is 4.93. The largest absolute Gasteiger partial charge is 0.214 e. The van der Waals surface area contributed by atoms with Crippen molar-refractivity contribution in [2.75, 3.05) is 12.3 Å². The molecule has 5 heteroatoms. The third-order valence-electron chi connectivity index (χ3n) is 3.66. The van der Waals surface area contributed by atoms with Crippen LogP contribution in [0.25, 0.3) is 0 Å². The van der Waals surface area contributed by atoms with Gasteiger partial charge in [-0.3, -0.25) is 0 Å². The molecular weight excluding hydrogens is 265 g/mol. The maximum atomic E-state index is 13.4. The van der Waals surface area contributed by atoms with Gasteiger partial charge in [-0.2, -0.15) is 4.31 Å². The van der Waals surface area contributed by atoms with E-state index in [-0.39, 0.29) is 17.6 Å². The van der Waals surface area contributed by atoms with Crippen LogP contribution in [0.3, 0.4) is 0 Å². The summed E-state index contributed by atoms with van der Waals surface area (Å²) in [6.45, 7) is 2.19. The van der Waals surface area contributed by atoms with Crippen molar-refractivity contribution in [3.8, 4) is 0 Å². The quantitative estimate of drug-likeness (QED) is 0.856. The fourth-order valence-corrected chi connectivity index (χ4v) is 3.98. The van der Waals surface area contributed by atoms with Crippen LogP contribution < -0.4 is 0 Å². The van der Waals surface area contributed by atoms with Crippen LogP contribution in [0.1, 0.15) is 44.2 Å². The van der Waals surface area contributed by atoms with Crippen molar-refractivity contribution < 1.29 is 12.8 Å². The lowest BCUT2D eigenvalue weighted by Gasteiger charge is -2.29. The summed E-state index contributed by atoms with van der Waals surface area (Å²) in [5, 5.41) is 0. The third-order valence-corrected chi connectivity index (χ3v) is 5.54. The van der Waals surface area contributed by atoms with Crippen molar-refractivity contribution in [2.24, 2.45) is 0 Å². The molecule has 0 aliphatic carbocycles. The van der Waals surface area contributed by atoms with Crippen molar-refractivity contribution in [1.29, 1.82) is 0 Å². The molecule has 1 aromatic carbocycles. The molecule has 1 aliphatic heterocycles. The lowest BCUT2D eigenvalue weighted by Crippen LogP contribution is -2.35. The standard InChI is InChI=1S/C14H20FNO2S/c1-2-19(17,18)16-10-5-3-4-9-14(16)12-7-6-8-13(15)11-12/h6-8,11,14H,2-5,9-10H2,1H3/t14-/m1/s1. The summed E-state index contributed by atoms with van der Waals surface area (Å²) in [7, 11) is -3.24. The lowest BCUT2D eigenvalue weighted by atomic mass is 10.0. The highest BCUT2D eigenvalue weighted by molar-refractivity contribution is 7.89. The van der Waals surface area contributed by atoms with Gasteiger partial charge in [-0.1, -0.05) is 25.0 Å². The summed E-state index contributed by atoms with van der Waals surface area (Å²) in [6.07, 6.45) is 3.66. The first-order chi connectivity index (χ1) is 9.04. The van der Waals surface area contributed by atoms with Crippen molar-refractivity contribution >= 4 is 10.0 Å². The Kier molecular flexibility index (Phi) is 4.58. The highest BCUT2D eigenvalue weighted by Gasteiger charge is 2.30. The third kappa shape index (κ3) is 3.34. The van der Waals surface area contributed by atoms with E-state index in [0.717, 1.165) is 31.2 Å². The Morgan fingerprint density at radius 1 is 1.32 bits per heavy atom. The zero-order valence-electron chi connectivity index (χ0n) is 11.2. The summed E-state index contributed by atoms with van der Waals surface area (Å²) in [5.74, 6) is -0.214. The lowest BCUT2D eigenvalue weighted by molar-refractivity contribution is 0.328. The number of rotatable bonds is 3. The van der Waals surface area contributed by atoms with E-state index >= 15 is 0 Å². The molecule has 1 heterocycles. The molecule has 19 heavy (non-hydrogen) atoms. The highest BCUT2D eigenvalue weighted by atomic mass is 32.2. The summed E-state index contributed by atoms with van der Waals surface area (Å²) in [4.78, 5) is 0. The van der Waals surface area contributed by atoms with Gasteiger partial charge in [0.2, 0.25) is 10.0 Å². The molecule has 0 N–H and O–H groups in total. The van der Waals surface area contributed by atoms with E-state index in [1.165, 1.54) is 12.1 Å². The van der Waals surface area contributed by atoms with Gasteiger partial charge in [0, 0.05) is 12.6 Å².